The van der Waals surface area contributed by atoms with Crippen LogP contribution in [0.3, 0.4) is 0 Å². The zero-order chi connectivity index (χ0) is 20.4. The van der Waals surface area contributed by atoms with Crippen molar-refractivity contribution >= 4 is 5.91 Å². The molecule has 1 aliphatic carbocycles. The van der Waals surface area contributed by atoms with Crippen molar-refractivity contribution in [1.29, 1.82) is 0 Å². The number of rotatable bonds is 6. The number of hydrogen-bond donors (Lipinski definition) is 2. The normalized spacial score (nSPS) is 26.5. The third-order valence-electron chi connectivity index (χ3n) is 7.32. The fourth-order valence-electron chi connectivity index (χ4n) is 5.87. The SMILES string of the molecule is C[C@H]1C2Cc3ccc(O)cc3C1(CCCC(N)=O)CCCN2Cc1ccccc1. The molecule has 1 amide bonds. The minimum atomic E-state index is -0.225. The van der Waals surface area contributed by atoms with Crippen molar-refractivity contribution < 1.29 is 9.90 Å². The Balaban J connectivity index is 1.69. The molecule has 0 spiro atoms. The van der Waals surface area contributed by atoms with Crippen molar-refractivity contribution in [2.45, 2.75) is 63.5 Å². The standard InChI is InChI=1S/C25H32N2O2/c1-18-23-15-20-10-11-21(28)16-22(20)25(18,12-5-9-24(26)29)13-6-14-27(23)17-19-7-3-2-4-8-19/h2-4,7-8,10-11,16,18,23,28H,5-6,9,12-15,17H2,1H3,(H2,26,29)/t18-,23?,25?/m0/s1. The second kappa shape index (κ2) is 8.19. The molecule has 1 aliphatic heterocycles. The van der Waals surface area contributed by atoms with E-state index >= 15 is 0 Å². The van der Waals surface area contributed by atoms with Crippen LogP contribution >= 0.6 is 0 Å². The zero-order valence-corrected chi connectivity index (χ0v) is 17.3. The summed E-state index contributed by atoms with van der Waals surface area (Å²) in [7, 11) is 0. The zero-order valence-electron chi connectivity index (χ0n) is 17.3. The molecule has 2 bridgehead atoms. The van der Waals surface area contributed by atoms with Crippen LogP contribution in [0.15, 0.2) is 48.5 Å². The van der Waals surface area contributed by atoms with Crippen molar-refractivity contribution in [3.63, 3.8) is 0 Å². The maximum Gasteiger partial charge on any atom is 0.217 e. The van der Waals surface area contributed by atoms with Crippen LogP contribution in [0, 0.1) is 5.92 Å². The van der Waals surface area contributed by atoms with Gasteiger partial charge in [-0.15, -0.1) is 0 Å². The number of fused-ring (bicyclic) bond motifs is 4. The third-order valence-corrected chi connectivity index (χ3v) is 7.32. The van der Waals surface area contributed by atoms with E-state index < -0.39 is 0 Å². The number of nitrogens with zero attached hydrogens (tertiary/aromatic N) is 1. The largest absolute Gasteiger partial charge is 0.508 e. The van der Waals surface area contributed by atoms with Gasteiger partial charge in [0.15, 0.2) is 0 Å². The number of carbonyl (C=O) groups excluding carboxylic acids is 1. The fourth-order valence-corrected chi connectivity index (χ4v) is 5.87. The van der Waals surface area contributed by atoms with Gasteiger partial charge in [0.1, 0.15) is 5.75 Å². The van der Waals surface area contributed by atoms with E-state index in [2.05, 4.69) is 48.2 Å². The molecule has 29 heavy (non-hydrogen) atoms. The van der Waals surface area contributed by atoms with Crippen molar-refractivity contribution in [3.05, 3.63) is 65.2 Å². The predicted molar refractivity (Wildman–Crippen MR) is 116 cm³/mol. The van der Waals surface area contributed by atoms with E-state index in [0.29, 0.717) is 24.1 Å². The van der Waals surface area contributed by atoms with E-state index in [9.17, 15) is 9.90 Å². The summed E-state index contributed by atoms with van der Waals surface area (Å²) in [5.74, 6) is 0.571. The lowest BCUT2D eigenvalue weighted by Gasteiger charge is -2.49. The van der Waals surface area contributed by atoms with E-state index in [1.165, 1.54) is 16.7 Å². The predicted octanol–water partition coefficient (Wildman–Crippen LogP) is 4.14. The highest BCUT2D eigenvalue weighted by atomic mass is 16.3. The average Bonchev–Trinajstić information content (AvgIpc) is 2.78. The Morgan fingerprint density at radius 2 is 2.03 bits per heavy atom. The Hall–Kier alpha value is -2.33. The first-order chi connectivity index (χ1) is 14.0. The van der Waals surface area contributed by atoms with Crippen molar-refractivity contribution in [1.82, 2.24) is 4.90 Å². The highest BCUT2D eigenvalue weighted by Crippen LogP contribution is 2.51. The van der Waals surface area contributed by atoms with Crippen LogP contribution in [0.4, 0.5) is 0 Å². The topological polar surface area (TPSA) is 66.6 Å². The van der Waals surface area contributed by atoms with E-state index in [1.807, 2.05) is 12.1 Å². The number of hydrogen-bond acceptors (Lipinski definition) is 3. The maximum atomic E-state index is 11.4. The lowest BCUT2D eigenvalue weighted by molar-refractivity contribution is -0.118. The molecule has 3 N–H and O–H groups in total. The molecule has 2 aliphatic rings. The lowest BCUT2D eigenvalue weighted by atomic mass is 9.58. The van der Waals surface area contributed by atoms with Gasteiger partial charge in [-0.05, 0) is 78.8 Å². The van der Waals surface area contributed by atoms with Gasteiger partial charge in [0.05, 0.1) is 0 Å². The number of likely N-dealkylation sites (tertiary alicyclic amines) is 1. The number of carbonyl (C=O) groups is 1. The number of aromatic hydroxyl groups is 1. The number of nitrogens with two attached hydrogens (primary N) is 1. The summed E-state index contributed by atoms with van der Waals surface area (Å²) in [5, 5.41) is 10.2. The molecule has 2 unspecified atom stereocenters. The molecular weight excluding hydrogens is 360 g/mol. The van der Waals surface area contributed by atoms with Gasteiger partial charge < -0.3 is 10.8 Å². The van der Waals surface area contributed by atoms with E-state index in [0.717, 1.165) is 45.2 Å². The molecule has 0 saturated carbocycles. The molecule has 2 aromatic rings. The second-order valence-corrected chi connectivity index (χ2v) is 8.94. The molecule has 4 heteroatoms. The van der Waals surface area contributed by atoms with E-state index in [4.69, 9.17) is 5.73 Å². The van der Waals surface area contributed by atoms with E-state index in [-0.39, 0.29) is 11.3 Å². The molecular formula is C25H32N2O2. The number of phenolic OH excluding ortho intramolecular Hbond substituents is 1. The summed E-state index contributed by atoms with van der Waals surface area (Å²) in [6.45, 7) is 4.44. The quantitative estimate of drug-likeness (QED) is 0.776. The number of amides is 1. The highest BCUT2D eigenvalue weighted by Gasteiger charge is 2.48. The molecule has 154 valence electrons. The first-order valence-electron chi connectivity index (χ1n) is 10.9. The first kappa shape index (κ1) is 20.0. The highest BCUT2D eigenvalue weighted by molar-refractivity contribution is 5.73. The number of phenols is 1. The van der Waals surface area contributed by atoms with Gasteiger partial charge in [-0.3, -0.25) is 9.69 Å². The summed E-state index contributed by atoms with van der Waals surface area (Å²) in [5.41, 5.74) is 9.45. The molecule has 4 rings (SSSR count). The molecule has 1 heterocycles. The number of primary amides is 1. The summed E-state index contributed by atoms with van der Waals surface area (Å²) in [4.78, 5) is 14.0. The van der Waals surface area contributed by atoms with Crippen molar-refractivity contribution in [2.24, 2.45) is 11.7 Å². The van der Waals surface area contributed by atoms with Crippen LogP contribution in [-0.2, 0) is 23.2 Å². The Kier molecular flexibility index (Phi) is 5.64. The van der Waals surface area contributed by atoms with Crippen LogP contribution in [0.25, 0.3) is 0 Å². The third kappa shape index (κ3) is 3.91. The summed E-state index contributed by atoms with van der Waals surface area (Å²) in [6.07, 6.45) is 5.41. The van der Waals surface area contributed by atoms with Crippen molar-refractivity contribution in [2.75, 3.05) is 6.54 Å². The smallest absolute Gasteiger partial charge is 0.217 e. The Labute approximate surface area is 173 Å². The Morgan fingerprint density at radius 1 is 1.24 bits per heavy atom. The second-order valence-electron chi connectivity index (χ2n) is 8.94. The lowest BCUT2D eigenvalue weighted by Crippen LogP contribution is -2.50. The van der Waals surface area contributed by atoms with E-state index in [1.54, 1.807) is 0 Å². The monoisotopic (exact) mass is 392 g/mol. The molecule has 2 aromatic carbocycles. The molecule has 3 atom stereocenters. The fraction of sp³-hybridized carbons (Fsp3) is 0.480. The average molecular weight is 393 g/mol. The Bertz CT molecular complexity index is 866. The summed E-state index contributed by atoms with van der Waals surface area (Å²) in [6, 6.07) is 17.1. The van der Waals surface area contributed by atoms with Crippen LogP contribution < -0.4 is 5.73 Å². The van der Waals surface area contributed by atoms with Crippen LogP contribution in [-0.4, -0.2) is 28.5 Å². The van der Waals surface area contributed by atoms with Gasteiger partial charge in [-0.2, -0.15) is 0 Å². The van der Waals surface area contributed by atoms with Crippen LogP contribution in [0.5, 0.6) is 5.75 Å². The van der Waals surface area contributed by atoms with Crippen molar-refractivity contribution in [3.8, 4) is 5.75 Å². The molecule has 0 radical (unpaired) electrons. The maximum absolute atomic E-state index is 11.4. The summed E-state index contributed by atoms with van der Waals surface area (Å²) < 4.78 is 0. The van der Waals surface area contributed by atoms with Crippen LogP contribution in [0.1, 0.15) is 55.7 Å². The first-order valence-corrected chi connectivity index (χ1v) is 10.9. The molecule has 1 fully saturated rings. The summed E-state index contributed by atoms with van der Waals surface area (Å²) >= 11 is 0. The van der Waals surface area contributed by atoms with Gasteiger partial charge in [0, 0.05) is 19.0 Å². The minimum Gasteiger partial charge on any atom is -0.508 e. The van der Waals surface area contributed by atoms with Gasteiger partial charge in [-0.1, -0.05) is 43.3 Å². The molecule has 1 saturated heterocycles. The molecule has 4 nitrogen and oxygen atoms in total. The minimum absolute atomic E-state index is 0.00211. The van der Waals surface area contributed by atoms with Gasteiger partial charge in [0.2, 0.25) is 5.91 Å². The molecule has 0 aromatic heterocycles. The van der Waals surface area contributed by atoms with Gasteiger partial charge in [-0.25, -0.2) is 0 Å². The van der Waals surface area contributed by atoms with Gasteiger partial charge >= 0.3 is 0 Å². The van der Waals surface area contributed by atoms with Crippen LogP contribution in [0.2, 0.25) is 0 Å². The van der Waals surface area contributed by atoms with Gasteiger partial charge in [0.25, 0.3) is 0 Å². The number of benzene rings is 2. The Morgan fingerprint density at radius 3 is 2.79 bits per heavy atom.